The van der Waals surface area contributed by atoms with Gasteiger partial charge in [0.05, 0.1) is 6.61 Å². The number of ether oxygens (including phenoxy) is 1. The van der Waals surface area contributed by atoms with E-state index in [9.17, 15) is 0 Å². The van der Waals surface area contributed by atoms with Crippen LogP contribution in [0.1, 0.15) is 6.92 Å². The van der Waals surface area contributed by atoms with Gasteiger partial charge in [-0.05, 0) is 13.2 Å². The first-order chi connectivity index (χ1) is 4.33. The van der Waals surface area contributed by atoms with Gasteiger partial charge in [-0.2, -0.15) is 0 Å². The van der Waals surface area contributed by atoms with E-state index in [0.717, 1.165) is 25.8 Å². The summed E-state index contributed by atoms with van der Waals surface area (Å²) in [7, 11) is 0. The fraction of sp³-hybridized carbons (Fsp3) is 0.833. The summed E-state index contributed by atoms with van der Waals surface area (Å²) in [6.07, 6.45) is 3.23. The summed E-state index contributed by atoms with van der Waals surface area (Å²) in [6.45, 7) is 4.93. The van der Waals surface area contributed by atoms with Crippen LogP contribution in [0, 0.1) is 6.10 Å². The summed E-state index contributed by atoms with van der Waals surface area (Å²) in [5.41, 5.74) is 0. The summed E-state index contributed by atoms with van der Waals surface area (Å²) in [5.74, 6) is 0. The van der Waals surface area contributed by atoms with Crippen LogP contribution < -0.4 is 0 Å². The van der Waals surface area contributed by atoms with E-state index in [0.29, 0.717) is 0 Å². The van der Waals surface area contributed by atoms with Crippen molar-refractivity contribution in [3.8, 4) is 0 Å². The molecule has 53 valence electrons. The third-order valence-corrected chi connectivity index (χ3v) is 2.17. The second-order valence-electron chi connectivity index (χ2n) is 2.10. The molecule has 9 heavy (non-hydrogen) atoms. The van der Waals surface area contributed by atoms with Gasteiger partial charge < -0.3 is 4.74 Å². The Morgan fingerprint density at radius 2 is 2.44 bits per heavy atom. The van der Waals surface area contributed by atoms with Crippen molar-refractivity contribution in [2.45, 2.75) is 6.92 Å². The van der Waals surface area contributed by atoms with Crippen molar-refractivity contribution in [2.75, 3.05) is 26.0 Å². The van der Waals surface area contributed by atoms with E-state index in [1.165, 1.54) is 0 Å². The zero-order valence-electron chi connectivity index (χ0n) is 5.89. The van der Waals surface area contributed by atoms with Gasteiger partial charge in [-0.3, -0.25) is 0 Å². The maximum atomic E-state index is 5.27. The van der Waals surface area contributed by atoms with Crippen LogP contribution >= 0.6 is 11.9 Å². The number of nitrogens with zero attached hydrogens (tertiary/aromatic N) is 1. The standard InChI is InChI=1S/C6H12NOS/c1-6-5-7(9-2)3-4-8-6/h3-5H2,1-2H3. The molecule has 0 atom stereocenters. The van der Waals surface area contributed by atoms with Crippen LogP contribution in [0.3, 0.4) is 0 Å². The molecule has 1 heterocycles. The third kappa shape index (κ3) is 2.16. The molecule has 2 nitrogen and oxygen atoms in total. The fourth-order valence-electron chi connectivity index (χ4n) is 0.851. The van der Waals surface area contributed by atoms with Gasteiger partial charge >= 0.3 is 0 Å². The van der Waals surface area contributed by atoms with Crippen molar-refractivity contribution in [1.29, 1.82) is 0 Å². The molecule has 0 N–H and O–H groups in total. The molecule has 0 unspecified atom stereocenters. The molecule has 1 radical (unpaired) electrons. The van der Waals surface area contributed by atoms with E-state index >= 15 is 0 Å². The second-order valence-corrected chi connectivity index (χ2v) is 2.98. The van der Waals surface area contributed by atoms with Crippen LogP contribution in [0.25, 0.3) is 0 Å². The lowest BCUT2D eigenvalue weighted by molar-refractivity contribution is 0.0874. The van der Waals surface area contributed by atoms with E-state index in [1.807, 2.05) is 6.92 Å². The molecule has 1 saturated heterocycles. The lowest BCUT2D eigenvalue weighted by atomic mass is 10.3. The minimum atomic E-state index is 0.854. The van der Waals surface area contributed by atoms with Crippen LogP contribution in [0.2, 0.25) is 0 Å². The molecule has 1 rings (SSSR count). The highest BCUT2D eigenvalue weighted by Crippen LogP contribution is 2.15. The first-order valence-corrected chi connectivity index (χ1v) is 4.25. The Kier molecular flexibility index (Phi) is 2.82. The summed E-state index contributed by atoms with van der Waals surface area (Å²) in [5, 5.41) is 0. The quantitative estimate of drug-likeness (QED) is 0.515. The van der Waals surface area contributed by atoms with Gasteiger partial charge in [0.2, 0.25) is 0 Å². The molecule has 1 fully saturated rings. The van der Waals surface area contributed by atoms with Gasteiger partial charge in [-0.15, -0.1) is 0 Å². The molecule has 0 aromatic carbocycles. The van der Waals surface area contributed by atoms with E-state index in [-0.39, 0.29) is 0 Å². The smallest absolute Gasteiger partial charge is 0.109 e. The molecule has 0 aliphatic carbocycles. The lowest BCUT2D eigenvalue weighted by Crippen LogP contribution is -2.32. The number of morpholine rings is 1. The Balaban J connectivity index is 2.23. The van der Waals surface area contributed by atoms with Gasteiger partial charge in [0, 0.05) is 13.1 Å². The molecule has 0 bridgehead atoms. The predicted molar refractivity (Wildman–Crippen MR) is 40.0 cm³/mol. The van der Waals surface area contributed by atoms with Gasteiger partial charge in [0.1, 0.15) is 6.10 Å². The topological polar surface area (TPSA) is 12.5 Å². The first-order valence-electron chi connectivity index (χ1n) is 3.07. The lowest BCUT2D eigenvalue weighted by Gasteiger charge is -2.27. The number of hydrogen-bond donors (Lipinski definition) is 0. The van der Waals surface area contributed by atoms with Crippen molar-refractivity contribution in [2.24, 2.45) is 0 Å². The molecular formula is C6H12NOS. The monoisotopic (exact) mass is 146 g/mol. The Hall–Kier alpha value is 0.270. The number of hydrogen-bond acceptors (Lipinski definition) is 3. The van der Waals surface area contributed by atoms with Crippen LogP contribution in [0.15, 0.2) is 0 Å². The summed E-state index contributed by atoms with van der Waals surface area (Å²) in [6, 6.07) is 0. The molecule has 0 aromatic rings. The average molecular weight is 146 g/mol. The van der Waals surface area contributed by atoms with E-state index in [2.05, 4.69) is 10.6 Å². The summed E-state index contributed by atoms with van der Waals surface area (Å²) < 4.78 is 7.56. The van der Waals surface area contributed by atoms with Crippen LogP contribution in [0.4, 0.5) is 0 Å². The van der Waals surface area contributed by atoms with Gasteiger partial charge in [0.25, 0.3) is 0 Å². The molecule has 0 spiro atoms. The van der Waals surface area contributed by atoms with Crippen LogP contribution in [0.5, 0.6) is 0 Å². The van der Waals surface area contributed by atoms with E-state index in [4.69, 9.17) is 4.74 Å². The molecule has 1 aliphatic heterocycles. The Bertz CT molecular complexity index is 89.1. The Labute approximate surface area is 60.7 Å². The Morgan fingerprint density at radius 1 is 1.67 bits per heavy atom. The maximum absolute atomic E-state index is 5.27. The van der Waals surface area contributed by atoms with Crippen molar-refractivity contribution in [3.05, 3.63) is 6.10 Å². The fourth-order valence-corrected chi connectivity index (χ4v) is 1.42. The maximum Gasteiger partial charge on any atom is 0.109 e. The van der Waals surface area contributed by atoms with Crippen molar-refractivity contribution in [1.82, 2.24) is 4.31 Å². The van der Waals surface area contributed by atoms with Crippen LogP contribution in [-0.4, -0.2) is 30.3 Å². The van der Waals surface area contributed by atoms with Crippen molar-refractivity contribution < 1.29 is 4.74 Å². The second kappa shape index (κ2) is 3.44. The van der Waals surface area contributed by atoms with Gasteiger partial charge in [0.15, 0.2) is 0 Å². The molecule has 1 aliphatic rings. The largest absolute Gasteiger partial charge is 0.369 e. The zero-order valence-corrected chi connectivity index (χ0v) is 6.70. The average Bonchev–Trinajstić information content (AvgIpc) is 1.88. The van der Waals surface area contributed by atoms with E-state index in [1.54, 1.807) is 11.9 Å². The van der Waals surface area contributed by atoms with Crippen LogP contribution in [-0.2, 0) is 4.74 Å². The molecule has 0 aromatic heterocycles. The predicted octanol–water partition coefficient (Wildman–Crippen LogP) is 1.15. The minimum absolute atomic E-state index is 0.854. The SMILES string of the molecule is CSN1CCO[C](C)C1. The molecule has 3 heteroatoms. The number of rotatable bonds is 1. The highest BCUT2D eigenvalue weighted by molar-refractivity contribution is 7.96. The molecular weight excluding hydrogens is 134 g/mol. The highest BCUT2D eigenvalue weighted by Gasteiger charge is 2.15. The minimum Gasteiger partial charge on any atom is -0.369 e. The van der Waals surface area contributed by atoms with Crippen molar-refractivity contribution in [3.63, 3.8) is 0 Å². The molecule has 0 saturated carbocycles. The first kappa shape index (κ1) is 7.38. The van der Waals surface area contributed by atoms with E-state index < -0.39 is 0 Å². The van der Waals surface area contributed by atoms with Crippen molar-refractivity contribution >= 4 is 11.9 Å². The third-order valence-electron chi connectivity index (χ3n) is 1.35. The normalized spacial score (nSPS) is 24.7. The zero-order chi connectivity index (χ0) is 6.69. The summed E-state index contributed by atoms with van der Waals surface area (Å²) >= 11 is 1.78. The summed E-state index contributed by atoms with van der Waals surface area (Å²) in [4.78, 5) is 0. The van der Waals surface area contributed by atoms with Gasteiger partial charge in [-0.1, -0.05) is 11.9 Å². The molecule has 0 amide bonds. The highest BCUT2D eigenvalue weighted by atomic mass is 32.2. The Morgan fingerprint density at radius 3 is 2.89 bits per heavy atom. The van der Waals surface area contributed by atoms with Gasteiger partial charge in [-0.25, -0.2) is 4.31 Å².